The Kier molecular flexibility index (Phi) is 9.43. The highest BCUT2D eigenvalue weighted by molar-refractivity contribution is 6.42. The summed E-state index contributed by atoms with van der Waals surface area (Å²) in [6.45, 7) is 5.33. The molecule has 1 fully saturated rings. The number of amides is 2. The van der Waals surface area contributed by atoms with Gasteiger partial charge < -0.3 is 14.9 Å². The first kappa shape index (κ1) is 31.5. The molecule has 7 nitrogen and oxygen atoms in total. The van der Waals surface area contributed by atoms with Crippen molar-refractivity contribution in [2.45, 2.75) is 51.6 Å². The molecule has 234 valence electrons. The quantitative estimate of drug-likeness (QED) is 0.167. The molecule has 3 aromatic carbocycles. The number of hydrazine groups is 1. The standard InChI is InChI=1S/C35H36Cl3N5O2/c1-22(44)41(20-24-7-9-32(37)33(38)15-24)21-28(16-26-18-39-34-6-4-3-5-29(26)34)43(23(2)45)42-13-11-25(12-14-42)31-19-40-35-10-8-27(36)17-30(31)35/h3-10,15,17-19,25,28,39-40H,11-14,16,20-21H2,1-2H3/t28-/m1/s1. The highest BCUT2D eigenvalue weighted by Gasteiger charge is 2.34. The molecule has 1 atom stereocenters. The van der Waals surface area contributed by atoms with Crippen molar-refractivity contribution in [2.24, 2.45) is 0 Å². The van der Waals surface area contributed by atoms with E-state index in [1.807, 2.05) is 53.7 Å². The van der Waals surface area contributed by atoms with Crippen molar-refractivity contribution in [3.8, 4) is 0 Å². The molecule has 2 aromatic heterocycles. The van der Waals surface area contributed by atoms with Crippen LogP contribution in [0.5, 0.6) is 0 Å². The summed E-state index contributed by atoms with van der Waals surface area (Å²) in [5, 5.41) is 7.97. The van der Waals surface area contributed by atoms with Crippen LogP contribution in [0.15, 0.2) is 73.1 Å². The van der Waals surface area contributed by atoms with Crippen LogP contribution in [0.3, 0.4) is 0 Å². The van der Waals surface area contributed by atoms with E-state index in [2.05, 4.69) is 27.2 Å². The largest absolute Gasteiger partial charge is 0.361 e. The van der Waals surface area contributed by atoms with Gasteiger partial charge in [0.15, 0.2) is 0 Å². The zero-order chi connectivity index (χ0) is 31.7. The Morgan fingerprint density at radius 1 is 0.867 bits per heavy atom. The van der Waals surface area contributed by atoms with E-state index in [4.69, 9.17) is 34.8 Å². The van der Waals surface area contributed by atoms with Crippen molar-refractivity contribution in [1.29, 1.82) is 0 Å². The SMILES string of the molecule is CC(=O)N(Cc1ccc(Cl)c(Cl)c1)C[C@@H](Cc1c[nH]c2ccccc12)N(C(C)=O)N1CCC(c2c[nH]c3ccc(Cl)cc23)CC1. The molecule has 0 radical (unpaired) electrons. The Balaban J connectivity index is 1.28. The number of halogens is 3. The van der Waals surface area contributed by atoms with Crippen LogP contribution in [-0.4, -0.2) is 62.4 Å². The van der Waals surface area contributed by atoms with Crippen LogP contribution >= 0.6 is 34.8 Å². The molecular weight excluding hydrogens is 629 g/mol. The number of hydrogen-bond donors (Lipinski definition) is 2. The molecule has 0 spiro atoms. The highest BCUT2D eigenvalue weighted by atomic mass is 35.5. The molecule has 0 aliphatic carbocycles. The topological polar surface area (TPSA) is 75.4 Å². The van der Waals surface area contributed by atoms with Gasteiger partial charge in [-0.25, -0.2) is 5.01 Å². The van der Waals surface area contributed by atoms with Gasteiger partial charge >= 0.3 is 0 Å². The average Bonchev–Trinajstić information content (AvgIpc) is 3.63. The maximum absolute atomic E-state index is 13.5. The minimum atomic E-state index is -0.295. The molecule has 1 aliphatic heterocycles. The molecule has 6 rings (SSSR count). The van der Waals surface area contributed by atoms with Crippen LogP contribution in [0, 0.1) is 0 Å². The Morgan fingerprint density at radius 2 is 1.60 bits per heavy atom. The van der Waals surface area contributed by atoms with Gasteiger partial charge in [0.05, 0.1) is 16.1 Å². The molecule has 1 saturated heterocycles. The van der Waals surface area contributed by atoms with Crippen molar-refractivity contribution in [3.05, 3.63) is 105 Å². The number of carbonyl (C=O) groups excluding carboxylic acids is 2. The lowest BCUT2D eigenvalue weighted by Crippen LogP contribution is -2.57. The van der Waals surface area contributed by atoms with Crippen LogP contribution in [-0.2, 0) is 22.6 Å². The van der Waals surface area contributed by atoms with E-state index >= 15 is 0 Å². The maximum atomic E-state index is 13.5. The van der Waals surface area contributed by atoms with E-state index in [0.717, 1.165) is 50.8 Å². The Morgan fingerprint density at radius 3 is 2.33 bits per heavy atom. The smallest absolute Gasteiger partial charge is 0.234 e. The molecule has 1 aliphatic rings. The van der Waals surface area contributed by atoms with E-state index in [1.54, 1.807) is 30.9 Å². The second-order valence-electron chi connectivity index (χ2n) is 11.9. The van der Waals surface area contributed by atoms with Crippen LogP contribution in [0.25, 0.3) is 21.8 Å². The lowest BCUT2D eigenvalue weighted by molar-refractivity contribution is -0.158. The van der Waals surface area contributed by atoms with Gasteiger partial charge in [-0.15, -0.1) is 0 Å². The average molecular weight is 665 g/mol. The van der Waals surface area contributed by atoms with Crippen molar-refractivity contribution in [1.82, 2.24) is 24.9 Å². The fourth-order valence-corrected chi connectivity index (χ4v) is 7.22. The normalized spacial score (nSPS) is 15.0. The van der Waals surface area contributed by atoms with Crippen molar-refractivity contribution in [3.63, 3.8) is 0 Å². The lowest BCUT2D eigenvalue weighted by Gasteiger charge is -2.44. The number of fused-ring (bicyclic) bond motifs is 2. The van der Waals surface area contributed by atoms with Crippen LogP contribution < -0.4 is 0 Å². The van der Waals surface area contributed by atoms with Gasteiger partial charge in [-0.2, -0.15) is 0 Å². The van der Waals surface area contributed by atoms with Crippen LogP contribution in [0.2, 0.25) is 15.1 Å². The number of aromatic amines is 2. The first-order valence-electron chi connectivity index (χ1n) is 15.2. The fourth-order valence-electron chi connectivity index (χ4n) is 6.73. The molecule has 10 heteroatoms. The summed E-state index contributed by atoms with van der Waals surface area (Å²) in [6.07, 6.45) is 6.47. The van der Waals surface area contributed by atoms with E-state index in [-0.39, 0.29) is 17.9 Å². The Labute approximate surface area is 278 Å². The van der Waals surface area contributed by atoms with Crippen molar-refractivity contribution < 1.29 is 9.59 Å². The van der Waals surface area contributed by atoms with Crippen LogP contribution in [0.1, 0.15) is 49.3 Å². The first-order chi connectivity index (χ1) is 21.7. The van der Waals surface area contributed by atoms with E-state index in [1.165, 1.54) is 5.56 Å². The predicted molar refractivity (Wildman–Crippen MR) is 183 cm³/mol. The van der Waals surface area contributed by atoms with Gasteiger partial charge in [0.2, 0.25) is 11.8 Å². The molecule has 0 bridgehead atoms. The first-order valence-corrected chi connectivity index (χ1v) is 16.4. The monoisotopic (exact) mass is 663 g/mol. The van der Waals surface area contributed by atoms with Gasteiger partial charge in [-0.05, 0) is 78.3 Å². The predicted octanol–water partition coefficient (Wildman–Crippen LogP) is 8.21. The molecule has 2 N–H and O–H groups in total. The van der Waals surface area contributed by atoms with Gasteiger partial charge in [0, 0.05) is 79.2 Å². The van der Waals surface area contributed by atoms with E-state index in [9.17, 15) is 9.59 Å². The van der Waals surface area contributed by atoms with Gasteiger partial charge in [0.25, 0.3) is 0 Å². The van der Waals surface area contributed by atoms with Crippen molar-refractivity contribution in [2.75, 3.05) is 19.6 Å². The summed E-state index contributed by atoms with van der Waals surface area (Å²) in [4.78, 5) is 35.1. The van der Waals surface area contributed by atoms with Crippen molar-refractivity contribution >= 4 is 68.4 Å². The van der Waals surface area contributed by atoms with E-state index in [0.29, 0.717) is 48.6 Å². The summed E-state index contributed by atoms with van der Waals surface area (Å²) >= 11 is 18.8. The summed E-state index contributed by atoms with van der Waals surface area (Å²) in [5.41, 5.74) is 5.36. The third-order valence-corrected chi connectivity index (χ3v) is 9.90. The fraction of sp³-hybridized carbons (Fsp3) is 0.314. The summed E-state index contributed by atoms with van der Waals surface area (Å²) in [6, 6.07) is 19.2. The number of H-pyrrole nitrogens is 2. The minimum absolute atomic E-state index is 0.0461. The Hall–Kier alpha value is -3.49. The second kappa shape index (κ2) is 13.5. The molecular formula is C35H36Cl3N5O2. The molecule has 0 saturated carbocycles. The molecule has 45 heavy (non-hydrogen) atoms. The van der Waals surface area contributed by atoms with Crippen LogP contribution in [0.4, 0.5) is 0 Å². The number of nitrogens with one attached hydrogen (secondary N) is 2. The number of rotatable bonds is 9. The molecule has 0 unspecified atom stereocenters. The number of carbonyl (C=O) groups is 2. The summed E-state index contributed by atoms with van der Waals surface area (Å²) in [5.74, 6) is 0.220. The number of benzene rings is 3. The molecule has 2 amide bonds. The number of piperidine rings is 1. The second-order valence-corrected chi connectivity index (χ2v) is 13.1. The number of hydrogen-bond acceptors (Lipinski definition) is 3. The third-order valence-electron chi connectivity index (χ3n) is 8.92. The zero-order valence-electron chi connectivity index (χ0n) is 25.3. The Bertz CT molecular complexity index is 1840. The summed E-state index contributed by atoms with van der Waals surface area (Å²) < 4.78 is 0. The van der Waals surface area contributed by atoms with Gasteiger partial charge in [-0.1, -0.05) is 59.1 Å². The minimum Gasteiger partial charge on any atom is -0.361 e. The number of para-hydroxylation sites is 1. The molecule has 5 aromatic rings. The third kappa shape index (κ3) is 6.87. The molecule has 3 heterocycles. The maximum Gasteiger partial charge on any atom is 0.234 e. The van der Waals surface area contributed by atoms with Gasteiger partial charge in [0.1, 0.15) is 0 Å². The highest BCUT2D eigenvalue weighted by Crippen LogP contribution is 2.35. The lowest BCUT2D eigenvalue weighted by atomic mass is 9.89. The number of nitrogens with zero attached hydrogens (tertiary/aromatic N) is 3. The summed E-state index contributed by atoms with van der Waals surface area (Å²) in [7, 11) is 0. The van der Waals surface area contributed by atoms with E-state index < -0.39 is 0 Å². The zero-order valence-corrected chi connectivity index (χ0v) is 27.6. The van der Waals surface area contributed by atoms with Gasteiger partial charge in [-0.3, -0.25) is 14.6 Å². The number of aromatic nitrogens is 2.